The minimum Gasteiger partial charge on any atom is -0.345 e. The maximum Gasteiger partial charge on any atom is 0.272 e. The molecular weight excluding hydrogens is 316 g/mol. The second-order valence-electron chi connectivity index (χ2n) is 5.28. The van der Waals surface area contributed by atoms with Gasteiger partial charge in [0.1, 0.15) is 0 Å². The van der Waals surface area contributed by atoms with Crippen LogP contribution in [-0.4, -0.2) is 21.1 Å². The van der Waals surface area contributed by atoms with Crippen molar-refractivity contribution < 1.29 is 4.79 Å². The van der Waals surface area contributed by atoms with Crippen LogP contribution in [0.3, 0.4) is 0 Å². The van der Waals surface area contributed by atoms with Crippen molar-refractivity contribution >= 4 is 28.6 Å². The number of nitrogens with one attached hydrogen (secondary N) is 2. The van der Waals surface area contributed by atoms with Gasteiger partial charge in [0.15, 0.2) is 5.69 Å². The van der Waals surface area contributed by atoms with Crippen LogP contribution in [0.1, 0.15) is 39.9 Å². The molecule has 1 aliphatic carbocycles. The molecule has 0 bridgehead atoms. The third kappa shape index (κ3) is 2.82. The number of H-pyrrole nitrogens is 1. The first-order valence-corrected chi connectivity index (χ1v) is 8.87. The van der Waals surface area contributed by atoms with Crippen molar-refractivity contribution in [1.29, 1.82) is 0 Å². The molecule has 3 aromatic rings. The molecule has 22 heavy (non-hydrogen) atoms. The van der Waals surface area contributed by atoms with Crippen molar-refractivity contribution in [2.75, 3.05) is 0 Å². The fourth-order valence-corrected chi connectivity index (χ4v) is 3.86. The summed E-state index contributed by atoms with van der Waals surface area (Å²) in [7, 11) is 0. The number of carbonyl (C=O) groups excluding carboxylic acids is 1. The van der Waals surface area contributed by atoms with Gasteiger partial charge < -0.3 is 5.32 Å². The molecular formula is C15H14N4OS2. The summed E-state index contributed by atoms with van der Waals surface area (Å²) in [6.07, 6.45) is 2.50. The highest BCUT2D eigenvalue weighted by Crippen LogP contribution is 2.41. The zero-order chi connectivity index (χ0) is 14.9. The third-order valence-electron chi connectivity index (χ3n) is 3.52. The largest absolute Gasteiger partial charge is 0.345 e. The van der Waals surface area contributed by atoms with E-state index in [2.05, 4.69) is 20.5 Å². The summed E-state index contributed by atoms with van der Waals surface area (Å²) in [5, 5.41) is 15.1. The summed E-state index contributed by atoms with van der Waals surface area (Å²) in [5.74, 6) is 0.481. The van der Waals surface area contributed by atoms with Gasteiger partial charge in [-0.25, -0.2) is 4.98 Å². The van der Waals surface area contributed by atoms with Crippen LogP contribution in [0.4, 0.5) is 0 Å². The predicted octanol–water partition coefficient (Wildman–Crippen LogP) is 3.40. The summed E-state index contributed by atoms with van der Waals surface area (Å²) in [6.45, 7) is 0.448. The fourth-order valence-electron chi connectivity index (χ4n) is 2.18. The number of thiophene rings is 1. The molecule has 0 radical (unpaired) electrons. The molecule has 7 heteroatoms. The van der Waals surface area contributed by atoms with Gasteiger partial charge in [0, 0.05) is 11.3 Å². The number of amides is 1. The lowest BCUT2D eigenvalue weighted by molar-refractivity contribution is 0.0945. The minimum atomic E-state index is -0.181. The fraction of sp³-hybridized carbons (Fsp3) is 0.267. The van der Waals surface area contributed by atoms with Crippen molar-refractivity contribution in [1.82, 2.24) is 20.5 Å². The van der Waals surface area contributed by atoms with Crippen LogP contribution in [0.15, 0.2) is 29.0 Å². The Morgan fingerprint density at radius 2 is 2.32 bits per heavy atom. The van der Waals surface area contributed by atoms with E-state index in [1.807, 2.05) is 22.9 Å². The Kier molecular flexibility index (Phi) is 3.51. The molecule has 3 aromatic heterocycles. The molecule has 1 aliphatic rings. The second kappa shape index (κ2) is 5.66. The van der Waals surface area contributed by atoms with Crippen molar-refractivity contribution in [3.05, 3.63) is 45.4 Å². The topological polar surface area (TPSA) is 70.7 Å². The average Bonchev–Trinajstić information content (AvgIpc) is 3.02. The van der Waals surface area contributed by atoms with E-state index in [1.165, 1.54) is 17.8 Å². The zero-order valence-electron chi connectivity index (χ0n) is 11.7. The Labute approximate surface area is 135 Å². The van der Waals surface area contributed by atoms with Crippen LogP contribution in [0, 0.1) is 0 Å². The van der Waals surface area contributed by atoms with Crippen LogP contribution in [-0.2, 0) is 6.54 Å². The molecule has 1 fully saturated rings. The summed E-state index contributed by atoms with van der Waals surface area (Å²) >= 11 is 3.30. The van der Waals surface area contributed by atoms with Crippen LogP contribution < -0.4 is 5.32 Å². The summed E-state index contributed by atoms with van der Waals surface area (Å²) < 4.78 is 0. The number of rotatable bonds is 5. The molecule has 3 heterocycles. The number of aromatic nitrogens is 3. The van der Waals surface area contributed by atoms with E-state index in [1.54, 1.807) is 28.7 Å². The van der Waals surface area contributed by atoms with Crippen LogP contribution in [0.2, 0.25) is 0 Å². The van der Waals surface area contributed by atoms with E-state index in [0.29, 0.717) is 18.2 Å². The molecule has 0 saturated heterocycles. The van der Waals surface area contributed by atoms with E-state index in [0.717, 1.165) is 16.3 Å². The molecule has 5 nitrogen and oxygen atoms in total. The van der Waals surface area contributed by atoms with E-state index < -0.39 is 0 Å². The van der Waals surface area contributed by atoms with Crippen molar-refractivity contribution in [3.8, 4) is 10.6 Å². The van der Waals surface area contributed by atoms with Crippen LogP contribution in [0.5, 0.6) is 0 Å². The SMILES string of the molecule is O=C(NCc1csc(C2CC2)n1)c1cc(-c2cccs2)[nH]n1. The highest BCUT2D eigenvalue weighted by Gasteiger charge is 2.26. The molecule has 0 spiro atoms. The molecule has 2 N–H and O–H groups in total. The molecule has 1 saturated carbocycles. The standard InChI is InChI=1S/C15H14N4OS2/c20-14(12-6-11(18-19-12)13-2-1-5-21-13)16-7-10-8-22-15(17-10)9-3-4-9/h1-2,5-6,8-9H,3-4,7H2,(H,16,20)(H,18,19). The number of carbonyl (C=O) groups is 1. The minimum absolute atomic E-state index is 0.181. The first-order chi connectivity index (χ1) is 10.8. The number of thiazole rings is 1. The van der Waals surface area contributed by atoms with Gasteiger partial charge in [-0.2, -0.15) is 5.10 Å². The number of hydrogen-bond donors (Lipinski definition) is 2. The summed E-state index contributed by atoms with van der Waals surface area (Å²) in [6, 6.07) is 5.74. The van der Waals surface area contributed by atoms with Crippen molar-refractivity contribution in [3.63, 3.8) is 0 Å². The number of aromatic amines is 1. The number of nitrogens with zero attached hydrogens (tertiary/aromatic N) is 2. The zero-order valence-corrected chi connectivity index (χ0v) is 13.3. The Bertz CT molecular complexity index is 786. The Morgan fingerprint density at radius 3 is 3.09 bits per heavy atom. The van der Waals surface area contributed by atoms with Crippen LogP contribution in [0.25, 0.3) is 10.6 Å². The lowest BCUT2D eigenvalue weighted by Gasteiger charge is -1.99. The maximum absolute atomic E-state index is 12.1. The lowest BCUT2D eigenvalue weighted by atomic mass is 10.3. The molecule has 0 aliphatic heterocycles. The normalized spacial score (nSPS) is 14.2. The highest BCUT2D eigenvalue weighted by atomic mass is 32.1. The Hall–Kier alpha value is -1.99. The van der Waals surface area contributed by atoms with Gasteiger partial charge >= 0.3 is 0 Å². The lowest BCUT2D eigenvalue weighted by Crippen LogP contribution is -2.23. The Balaban J connectivity index is 1.39. The molecule has 0 atom stereocenters. The van der Waals surface area contributed by atoms with Gasteiger partial charge in [0.05, 0.1) is 27.8 Å². The molecule has 0 aromatic carbocycles. The predicted molar refractivity (Wildman–Crippen MR) is 87.2 cm³/mol. The van der Waals surface area contributed by atoms with Gasteiger partial charge in [0.2, 0.25) is 0 Å². The van der Waals surface area contributed by atoms with Gasteiger partial charge in [0.25, 0.3) is 5.91 Å². The summed E-state index contributed by atoms with van der Waals surface area (Å²) in [4.78, 5) is 17.8. The molecule has 0 unspecified atom stereocenters. The first-order valence-electron chi connectivity index (χ1n) is 7.11. The second-order valence-corrected chi connectivity index (χ2v) is 7.12. The van der Waals surface area contributed by atoms with E-state index in [9.17, 15) is 4.79 Å². The van der Waals surface area contributed by atoms with Gasteiger partial charge in [-0.05, 0) is 30.4 Å². The third-order valence-corrected chi connectivity index (χ3v) is 5.48. The van der Waals surface area contributed by atoms with E-state index in [-0.39, 0.29) is 5.91 Å². The van der Waals surface area contributed by atoms with Gasteiger partial charge in [-0.1, -0.05) is 6.07 Å². The first kappa shape index (κ1) is 13.7. The monoisotopic (exact) mass is 330 g/mol. The van der Waals surface area contributed by atoms with Crippen molar-refractivity contribution in [2.45, 2.75) is 25.3 Å². The van der Waals surface area contributed by atoms with Crippen LogP contribution >= 0.6 is 22.7 Å². The molecule has 4 rings (SSSR count). The summed E-state index contributed by atoms with van der Waals surface area (Å²) in [5.41, 5.74) is 2.19. The van der Waals surface area contributed by atoms with Gasteiger partial charge in [-0.3, -0.25) is 9.89 Å². The quantitative estimate of drug-likeness (QED) is 0.753. The van der Waals surface area contributed by atoms with Gasteiger partial charge in [-0.15, -0.1) is 22.7 Å². The van der Waals surface area contributed by atoms with Crippen molar-refractivity contribution in [2.24, 2.45) is 0 Å². The average molecular weight is 330 g/mol. The smallest absolute Gasteiger partial charge is 0.272 e. The maximum atomic E-state index is 12.1. The van der Waals surface area contributed by atoms with E-state index >= 15 is 0 Å². The van der Waals surface area contributed by atoms with E-state index in [4.69, 9.17) is 0 Å². The Morgan fingerprint density at radius 1 is 1.41 bits per heavy atom. The molecule has 112 valence electrons. The molecule has 1 amide bonds. The number of hydrogen-bond acceptors (Lipinski definition) is 5. The highest BCUT2D eigenvalue weighted by molar-refractivity contribution is 7.13.